The van der Waals surface area contributed by atoms with Crippen molar-refractivity contribution in [3.63, 3.8) is 0 Å². The van der Waals surface area contributed by atoms with E-state index in [2.05, 4.69) is 88.2 Å². The summed E-state index contributed by atoms with van der Waals surface area (Å²) < 4.78 is 0. The number of ketones is 1. The molecule has 0 heterocycles. The third-order valence-corrected chi connectivity index (χ3v) is 5.62. The molecule has 1 N–H and O–H groups in total. The molecule has 4 nitrogen and oxygen atoms in total. The standard InChI is InChI=1S/C28H34N2O2.Li/c1-27(2,3)21-11-7-19(8-12-21)17-29-23-15-24(26(32)16-25(23)31)30-18-20-9-13-22(14-10-20)28(4,5)6;/h7-16,29,32H,17-18H2,1-6H3;/q;+1/p-1. The van der Waals surface area contributed by atoms with Gasteiger partial charge in [0.05, 0.1) is 18.0 Å². The second-order valence-electron chi connectivity index (χ2n) is 10.4. The Morgan fingerprint density at radius 1 is 0.788 bits per heavy atom. The maximum Gasteiger partial charge on any atom is 1.00 e. The van der Waals surface area contributed by atoms with E-state index >= 15 is 0 Å². The molecule has 0 fully saturated rings. The maximum atomic E-state index is 12.3. The van der Waals surface area contributed by atoms with E-state index in [0.717, 1.165) is 17.2 Å². The van der Waals surface area contributed by atoms with Crippen molar-refractivity contribution in [1.82, 2.24) is 5.32 Å². The Labute approximate surface area is 210 Å². The molecule has 5 heteroatoms. The summed E-state index contributed by atoms with van der Waals surface area (Å²) in [5.41, 5.74) is 5.50. The molecular weight excluding hydrogens is 403 g/mol. The molecule has 0 amide bonds. The number of nitrogens with zero attached hydrogens (tertiary/aromatic N) is 1. The zero-order chi connectivity index (χ0) is 23.5. The third-order valence-electron chi connectivity index (χ3n) is 5.62. The summed E-state index contributed by atoms with van der Waals surface area (Å²) in [5.74, 6) is -0.656. The van der Waals surface area contributed by atoms with Gasteiger partial charge in [-0.15, -0.1) is 0 Å². The van der Waals surface area contributed by atoms with Gasteiger partial charge in [0.25, 0.3) is 0 Å². The van der Waals surface area contributed by atoms with Crippen molar-refractivity contribution < 1.29 is 28.8 Å². The van der Waals surface area contributed by atoms with Gasteiger partial charge in [-0.2, -0.15) is 0 Å². The molecule has 1 aliphatic carbocycles. The van der Waals surface area contributed by atoms with Gasteiger partial charge in [-0.3, -0.25) is 9.79 Å². The summed E-state index contributed by atoms with van der Waals surface area (Å²) in [6.07, 6.45) is 2.68. The van der Waals surface area contributed by atoms with Gasteiger partial charge in [0.1, 0.15) is 0 Å². The van der Waals surface area contributed by atoms with Crippen LogP contribution in [0, 0.1) is 0 Å². The third kappa shape index (κ3) is 7.22. The van der Waals surface area contributed by atoms with Crippen molar-refractivity contribution in [2.75, 3.05) is 0 Å². The molecule has 33 heavy (non-hydrogen) atoms. The van der Waals surface area contributed by atoms with Crippen molar-refractivity contribution in [2.24, 2.45) is 4.99 Å². The predicted octanol–water partition coefficient (Wildman–Crippen LogP) is 1.73. The molecule has 0 atom stereocenters. The smallest absolute Gasteiger partial charge is 0.871 e. The zero-order valence-electron chi connectivity index (χ0n) is 21.0. The quantitative estimate of drug-likeness (QED) is 0.574. The molecule has 0 bridgehead atoms. The Kier molecular flexibility index (Phi) is 8.57. The molecule has 2 aromatic carbocycles. The van der Waals surface area contributed by atoms with Crippen LogP contribution in [0.1, 0.15) is 63.8 Å². The van der Waals surface area contributed by atoms with E-state index in [1.54, 1.807) is 6.08 Å². The average molecular weight is 437 g/mol. The van der Waals surface area contributed by atoms with Gasteiger partial charge in [-0.25, -0.2) is 0 Å². The second-order valence-corrected chi connectivity index (χ2v) is 10.4. The first-order valence-corrected chi connectivity index (χ1v) is 11.1. The van der Waals surface area contributed by atoms with Crippen LogP contribution in [-0.4, -0.2) is 11.5 Å². The van der Waals surface area contributed by atoms with Crippen molar-refractivity contribution >= 4 is 11.5 Å². The number of hydrogen-bond donors (Lipinski definition) is 1. The van der Waals surface area contributed by atoms with Gasteiger partial charge in [-0.1, -0.05) is 95.8 Å². The molecule has 0 radical (unpaired) electrons. The predicted molar refractivity (Wildman–Crippen MR) is 129 cm³/mol. The Morgan fingerprint density at radius 3 is 1.76 bits per heavy atom. The van der Waals surface area contributed by atoms with Gasteiger partial charge in [-0.05, 0) is 45.2 Å². The summed E-state index contributed by atoms with van der Waals surface area (Å²) in [5, 5.41) is 15.4. The largest absolute Gasteiger partial charge is 1.00 e. The van der Waals surface area contributed by atoms with Crippen LogP contribution in [-0.2, 0) is 28.7 Å². The number of nitrogens with one attached hydrogen (secondary N) is 1. The summed E-state index contributed by atoms with van der Waals surface area (Å²) in [4.78, 5) is 16.8. The molecule has 1 aliphatic rings. The Bertz CT molecular complexity index is 1060. The van der Waals surface area contributed by atoms with Crippen LogP contribution < -0.4 is 29.3 Å². The minimum atomic E-state index is -0.346. The van der Waals surface area contributed by atoms with E-state index < -0.39 is 0 Å². The van der Waals surface area contributed by atoms with Gasteiger partial charge in [0.15, 0.2) is 0 Å². The first-order chi connectivity index (χ1) is 14.9. The van der Waals surface area contributed by atoms with Crippen LogP contribution in [0.2, 0.25) is 0 Å². The number of allylic oxidation sites excluding steroid dienone is 2. The van der Waals surface area contributed by atoms with Crippen LogP contribution in [0.5, 0.6) is 0 Å². The first kappa shape index (κ1) is 26.7. The van der Waals surface area contributed by atoms with Gasteiger partial charge >= 0.3 is 18.9 Å². The van der Waals surface area contributed by atoms with E-state index in [1.807, 2.05) is 12.1 Å². The van der Waals surface area contributed by atoms with Gasteiger partial charge < -0.3 is 10.4 Å². The maximum absolute atomic E-state index is 12.3. The summed E-state index contributed by atoms with van der Waals surface area (Å²) in [6, 6.07) is 16.6. The monoisotopic (exact) mass is 436 g/mol. The second kappa shape index (κ2) is 10.6. The Hall–Kier alpha value is -2.54. The molecule has 0 unspecified atom stereocenters. The van der Waals surface area contributed by atoms with E-state index in [1.165, 1.54) is 11.1 Å². The first-order valence-electron chi connectivity index (χ1n) is 11.1. The summed E-state index contributed by atoms with van der Waals surface area (Å²) >= 11 is 0. The number of carbonyl (C=O) groups excluding carboxylic acids is 1. The van der Waals surface area contributed by atoms with Crippen LogP contribution in [0.3, 0.4) is 0 Å². The molecule has 0 aliphatic heterocycles. The normalized spacial score (nSPS) is 15.6. The minimum absolute atomic E-state index is 0. The minimum Gasteiger partial charge on any atom is -0.871 e. The van der Waals surface area contributed by atoms with Crippen LogP contribution in [0.15, 0.2) is 77.1 Å². The fourth-order valence-corrected chi connectivity index (χ4v) is 3.42. The fraction of sp³-hybridized carbons (Fsp3) is 0.357. The average Bonchev–Trinajstić information content (AvgIpc) is 2.72. The van der Waals surface area contributed by atoms with Gasteiger partial charge in [0.2, 0.25) is 5.78 Å². The number of rotatable bonds is 5. The number of aliphatic imine (C=N–C) groups is 1. The topological polar surface area (TPSA) is 64.5 Å². The summed E-state index contributed by atoms with van der Waals surface area (Å²) in [6.45, 7) is 14.0. The molecule has 0 aromatic heterocycles. The number of carbonyl (C=O) groups is 1. The molecule has 0 saturated heterocycles. The van der Waals surface area contributed by atoms with Gasteiger partial charge in [0, 0.05) is 6.54 Å². The Morgan fingerprint density at radius 2 is 1.27 bits per heavy atom. The molecule has 2 aromatic rings. The number of benzene rings is 2. The zero-order valence-corrected chi connectivity index (χ0v) is 21.0. The van der Waals surface area contributed by atoms with Crippen molar-refractivity contribution in [3.8, 4) is 0 Å². The van der Waals surface area contributed by atoms with Crippen LogP contribution in [0.4, 0.5) is 0 Å². The van der Waals surface area contributed by atoms with Crippen molar-refractivity contribution in [2.45, 2.75) is 65.5 Å². The Balaban J connectivity index is 0.00000385. The van der Waals surface area contributed by atoms with Crippen molar-refractivity contribution in [1.29, 1.82) is 0 Å². The van der Waals surface area contributed by atoms with Crippen LogP contribution in [0.25, 0.3) is 0 Å². The van der Waals surface area contributed by atoms with E-state index in [9.17, 15) is 9.90 Å². The van der Waals surface area contributed by atoms with E-state index in [4.69, 9.17) is 0 Å². The molecular formula is C28H33LiN2O2. The SMILES string of the molecule is CC(C)(C)c1ccc(CN=C2C=C(NCc3ccc(C(C)(C)C)cc3)C(=O)C=C2[O-])cc1.[Li+]. The number of hydrogen-bond acceptors (Lipinski definition) is 4. The molecule has 0 saturated carbocycles. The molecule has 168 valence electrons. The summed E-state index contributed by atoms with van der Waals surface area (Å²) in [7, 11) is 0. The molecule has 0 spiro atoms. The van der Waals surface area contributed by atoms with E-state index in [-0.39, 0.29) is 41.2 Å². The van der Waals surface area contributed by atoms with E-state index in [0.29, 0.717) is 24.5 Å². The van der Waals surface area contributed by atoms with Crippen molar-refractivity contribution in [3.05, 3.63) is 94.4 Å². The van der Waals surface area contributed by atoms with Crippen LogP contribution >= 0.6 is 0 Å². The molecule has 3 rings (SSSR count). The fourth-order valence-electron chi connectivity index (χ4n) is 3.42.